The molecule has 1 atom stereocenters. The molecule has 0 radical (unpaired) electrons. The van der Waals surface area contributed by atoms with E-state index in [1.165, 1.54) is 9.75 Å². The number of ether oxygens (including phenoxy) is 1. The van der Waals surface area contributed by atoms with Crippen LogP contribution in [0.2, 0.25) is 0 Å². The maximum absolute atomic E-state index is 11.2. The first-order valence-corrected chi connectivity index (χ1v) is 8.17. The summed E-state index contributed by atoms with van der Waals surface area (Å²) in [5.41, 5.74) is 6.41. The molecule has 1 aromatic rings. The van der Waals surface area contributed by atoms with Crippen LogP contribution in [0.25, 0.3) is 0 Å². The van der Waals surface area contributed by atoms with Gasteiger partial charge in [-0.3, -0.25) is 4.79 Å². The highest BCUT2D eigenvalue weighted by molar-refractivity contribution is 7.12. The zero-order chi connectivity index (χ0) is 15.2. The van der Waals surface area contributed by atoms with Crippen molar-refractivity contribution < 1.29 is 9.53 Å². The topological polar surface area (TPSA) is 52.3 Å². The Kier molecular flexibility index (Phi) is 6.69. The van der Waals surface area contributed by atoms with Crippen molar-refractivity contribution in [2.75, 3.05) is 6.61 Å². The molecule has 0 aliphatic heterocycles. The Morgan fingerprint density at radius 3 is 2.60 bits per heavy atom. The van der Waals surface area contributed by atoms with E-state index < -0.39 is 0 Å². The van der Waals surface area contributed by atoms with Gasteiger partial charge in [-0.15, -0.1) is 11.3 Å². The Morgan fingerprint density at radius 1 is 1.35 bits per heavy atom. The second kappa shape index (κ2) is 7.79. The van der Waals surface area contributed by atoms with Gasteiger partial charge in [0.15, 0.2) is 0 Å². The molecule has 0 saturated carbocycles. The SMILES string of the molecule is CCOC(=O)CCCCC(N)c1ccc(C(C)(C)C)s1. The Hall–Kier alpha value is -0.870. The lowest BCUT2D eigenvalue weighted by Gasteiger charge is -2.16. The van der Waals surface area contributed by atoms with E-state index in [4.69, 9.17) is 10.5 Å². The number of esters is 1. The molecule has 3 nitrogen and oxygen atoms in total. The van der Waals surface area contributed by atoms with Gasteiger partial charge in [0.25, 0.3) is 0 Å². The molecule has 1 heterocycles. The van der Waals surface area contributed by atoms with E-state index in [-0.39, 0.29) is 17.4 Å². The number of hydrogen-bond donors (Lipinski definition) is 1. The van der Waals surface area contributed by atoms with E-state index in [1.54, 1.807) is 11.3 Å². The summed E-state index contributed by atoms with van der Waals surface area (Å²) in [6, 6.07) is 4.40. The van der Waals surface area contributed by atoms with Crippen molar-refractivity contribution >= 4 is 17.3 Å². The van der Waals surface area contributed by atoms with Crippen LogP contribution in [0, 0.1) is 0 Å². The number of rotatable bonds is 7. The molecule has 0 spiro atoms. The molecule has 0 aliphatic rings. The van der Waals surface area contributed by atoms with E-state index in [2.05, 4.69) is 32.9 Å². The van der Waals surface area contributed by atoms with Gasteiger partial charge >= 0.3 is 5.97 Å². The smallest absolute Gasteiger partial charge is 0.305 e. The molecule has 1 unspecified atom stereocenters. The summed E-state index contributed by atoms with van der Waals surface area (Å²) in [6.45, 7) is 8.94. The minimum Gasteiger partial charge on any atom is -0.466 e. The highest BCUT2D eigenvalue weighted by atomic mass is 32.1. The lowest BCUT2D eigenvalue weighted by Crippen LogP contribution is -2.10. The van der Waals surface area contributed by atoms with Crippen LogP contribution < -0.4 is 5.73 Å². The summed E-state index contributed by atoms with van der Waals surface area (Å²) >= 11 is 1.80. The largest absolute Gasteiger partial charge is 0.466 e. The molecule has 114 valence electrons. The molecule has 4 heteroatoms. The molecule has 2 N–H and O–H groups in total. The molecule has 20 heavy (non-hydrogen) atoms. The Bertz CT molecular complexity index is 420. The third kappa shape index (κ3) is 5.63. The van der Waals surface area contributed by atoms with Gasteiger partial charge in [0, 0.05) is 22.2 Å². The van der Waals surface area contributed by atoms with Crippen LogP contribution in [-0.4, -0.2) is 12.6 Å². The zero-order valence-electron chi connectivity index (χ0n) is 13.1. The molecular weight excluding hydrogens is 270 g/mol. The summed E-state index contributed by atoms with van der Waals surface area (Å²) in [6.07, 6.45) is 3.23. The van der Waals surface area contributed by atoms with Gasteiger partial charge in [0.2, 0.25) is 0 Å². The van der Waals surface area contributed by atoms with Gasteiger partial charge in [0.05, 0.1) is 6.61 Å². The van der Waals surface area contributed by atoms with Crippen molar-refractivity contribution in [3.05, 3.63) is 21.9 Å². The van der Waals surface area contributed by atoms with Crippen LogP contribution in [0.15, 0.2) is 12.1 Å². The van der Waals surface area contributed by atoms with Gasteiger partial charge in [-0.25, -0.2) is 0 Å². The third-order valence-corrected chi connectivity index (χ3v) is 4.83. The first kappa shape index (κ1) is 17.2. The monoisotopic (exact) mass is 297 g/mol. The first-order valence-electron chi connectivity index (χ1n) is 7.36. The van der Waals surface area contributed by atoms with Gasteiger partial charge in [-0.1, -0.05) is 27.2 Å². The third-order valence-electron chi connectivity index (χ3n) is 3.18. The molecule has 0 aromatic carbocycles. The molecule has 0 amide bonds. The molecule has 1 aromatic heterocycles. The van der Waals surface area contributed by atoms with Crippen molar-refractivity contribution in [3.63, 3.8) is 0 Å². The lowest BCUT2D eigenvalue weighted by molar-refractivity contribution is -0.143. The van der Waals surface area contributed by atoms with Crippen molar-refractivity contribution in [2.45, 2.75) is 64.8 Å². The Balaban J connectivity index is 2.34. The fraction of sp³-hybridized carbons (Fsp3) is 0.688. The molecular formula is C16H27NO2S. The summed E-state index contributed by atoms with van der Waals surface area (Å²) in [7, 11) is 0. The standard InChI is InChI=1S/C16H27NO2S/c1-5-19-15(18)9-7-6-8-12(17)13-10-11-14(20-13)16(2,3)4/h10-12H,5-9,17H2,1-4H3. The first-order chi connectivity index (χ1) is 9.34. The predicted octanol–water partition coefficient (Wildman–Crippen LogP) is 4.17. The molecule has 0 bridgehead atoms. The lowest BCUT2D eigenvalue weighted by atomic mass is 9.95. The van der Waals surface area contributed by atoms with Crippen LogP contribution in [0.1, 0.15) is 69.2 Å². The number of hydrogen-bond acceptors (Lipinski definition) is 4. The minimum atomic E-state index is -0.104. The van der Waals surface area contributed by atoms with Crippen molar-refractivity contribution in [1.82, 2.24) is 0 Å². The van der Waals surface area contributed by atoms with Crippen LogP contribution in [-0.2, 0) is 14.9 Å². The normalized spacial score (nSPS) is 13.2. The van der Waals surface area contributed by atoms with Gasteiger partial charge in [-0.05, 0) is 37.3 Å². The zero-order valence-corrected chi connectivity index (χ0v) is 13.9. The molecule has 0 fully saturated rings. The fourth-order valence-corrected chi connectivity index (χ4v) is 3.07. The van der Waals surface area contributed by atoms with E-state index in [0.717, 1.165) is 19.3 Å². The van der Waals surface area contributed by atoms with Crippen LogP contribution in [0.3, 0.4) is 0 Å². The fourth-order valence-electron chi connectivity index (χ4n) is 1.96. The molecule has 0 aliphatic carbocycles. The van der Waals surface area contributed by atoms with Crippen molar-refractivity contribution in [2.24, 2.45) is 5.73 Å². The molecule has 1 rings (SSSR count). The average molecular weight is 297 g/mol. The quantitative estimate of drug-likeness (QED) is 0.607. The van der Waals surface area contributed by atoms with Crippen LogP contribution in [0.4, 0.5) is 0 Å². The van der Waals surface area contributed by atoms with Crippen molar-refractivity contribution in [1.29, 1.82) is 0 Å². The van der Waals surface area contributed by atoms with E-state index in [1.807, 2.05) is 6.92 Å². The number of nitrogens with two attached hydrogens (primary N) is 1. The summed E-state index contributed by atoms with van der Waals surface area (Å²) in [4.78, 5) is 13.8. The van der Waals surface area contributed by atoms with Gasteiger partial charge in [-0.2, -0.15) is 0 Å². The van der Waals surface area contributed by atoms with Gasteiger partial charge in [0.1, 0.15) is 0 Å². The highest BCUT2D eigenvalue weighted by Crippen LogP contribution is 2.32. The second-order valence-corrected chi connectivity index (χ2v) is 7.22. The Labute approximate surface area is 126 Å². The predicted molar refractivity (Wildman–Crippen MR) is 85.0 cm³/mol. The van der Waals surface area contributed by atoms with Crippen molar-refractivity contribution in [3.8, 4) is 0 Å². The number of unbranched alkanes of at least 4 members (excludes halogenated alkanes) is 1. The Morgan fingerprint density at radius 2 is 2.05 bits per heavy atom. The summed E-state index contributed by atoms with van der Waals surface area (Å²) in [5, 5.41) is 0. The number of thiophene rings is 1. The van der Waals surface area contributed by atoms with Crippen LogP contribution in [0.5, 0.6) is 0 Å². The minimum absolute atomic E-state index is 0.0818. The number of carbonyl (C=O) groups excluding carboxylic acids is 1. The molecule has 0 saturated heterocycles. The van der Waals surface area contributed by atoms with E-state index >= 15 is 0 Å². The number of carbonyl (C=O) groups is 1. The highest BCUT2D eigenvalue weighted by Gasteiger charge is 2.18. The van der Waals surface area contributed by atoms with Gasteiger partial charge < -0.3 is 10.5 Å². The summed E-state index contributed by atoms with van der Waals surface area (Å²) in [5.74, 6) is -0.104. The van der Waals surface area contributed by atoms with Crippen LogP contribution >= 0.6 is 11.3 Å². The second-order valence-electron chi connectivity index (χ2n) is 6.11. The van der Waals surface area contributed by atoms with E-state index in [9.17, 15) is 4.79 Å². The maximum atomic E-state index is 11.2. The maximum Gasteiger partial charge on any atom is 0.305 e. The van der Waals surface area contributed by atoms with E-state index in [0.29, 0.717) is 13.0 Å². The summed E-state index contributed by atoms with van der Waals surface area (Å²) < 4.78 is 4.91. The average Bonchev–Trinajstić information content (AvgIpc) is 2.84.